The molecule has 1 aliphatic rings. The van der Waals surface area contributed by atoms with E-state index in [1.54, 1.807) is 23.5 Å². The van der Waals surface area contributed by atoms with Crippen LogP contribution in [0, 0.1) is 5.82 Å². The minimum absolute atomic E-state index is 0.0192. The van der Waals surface area contributed by atoms with Crippen LogP contribution in [-0.4, -0.2) is 5.78 Å². The van der Waals surface area contributed by atoms with Gasteiger partial charge in [-0.3, -0.25) is 4.79 Å². The van der Waals surface area contributed by atoms with Crippen LogP contribution in [0.5, 0.6) is 0 Å². The third-order valence-electron chi connectivity index (χ3n) is 3.90. The number of carbonyl (C=O) groups excluding carboxylic acids is 1. The molecular formula is C17H16ClFOS. The van der Waals surface area contributed by atoms with Gasteiger partial charge in [0.2, 0.25) is 0 Å². The summed E-state index contributed by atoms with van der Waals surface area (Å²) in [6.07, 6.45) is 5.86. The molecule has 0 atom stereocenters. The van der Waals surface area contributed by atoms with E-state index in [1.165, 1.54) is 35.8 Å². The quantitative estimate of drug-likeness (QED) is 0.558. The maximum absolute atomic E-state index is 13.9. The van der Waals surface area contributed by atoms with Gasteiger partial charge in [-0.1, -0.05) is 30.2 Å². The zero-order valence-electron chi connectivity index (χ0n) is 11.6. The van der Waals surface area contributed by atoms with Gasteiger partial charge >= 0.3 is 0 Å². The summed E-state index contributed by atoms with van der Waals surface area (Å²) in [6, 6.07) is 6.81. The average Bonchev–Trinajstić information content (AvgIpc) is 2.75. The summed E-state index contributed by atoms with van der Waals surface area (Å²) < 4.78 is 13.9. The lowest BCUT2D eigenvalue weighted by molar-refractivity contribution is 0.0995. The van der Waals surface area contributed by atoms with E-state index in [9.17, 15) is 9.18 Å². The van der Waals surface area contributed by atoms with Crippen molar-refractivity contribution in [2.24, 2.45) is 0 Å². The molecular weight excluding hydrogens is 307 g/mol. The van der Waals surface area contributed by atoms with Crippen molar-refractivity contribution in [3.05, 3.63) is 56.0 Å². The number of hydrogen-bond acceptors (Lipinski definition) is 2. The molecule has 21 heavy (non-hydrogen) atoms. The van der Waals surface area contributed by atoms with E-state index in [0.29, 0.717) is 5.56 Å². The maximum Gasteiger partial charge on any atom is 0.177 e. The fraction of sp³-hybridized carbons (Fsp3) is 0.353. The number of carbonyl (C=O) groups is 1. The summed E-state index contributed by atoms with van der Waals surface area (Å²) in [5, 5.41) is 0.0715. The summed E-state index contributed by atoms with van der Waals surface area (Å²) in [5.41, 5.74) is 1.68. The number of ketones is 1. The summed E-state index contributed by atoms with van der Waals surface area (Å²) in [5.74, 6) is -0.500. The number of fused-ring (bicyclic) bond motifs is 1. The second kappa shape index (κ2) is 6.29. The molecule has 4 heteroatoms. The second-order valence-electron chi connectivity index (χ2n) is 5.43. The van der Waals surface area contributed by atoms with Gasteiger partial charge in [-0.2, -0.15) is 0 Å². The minimum Gasteiger partial charge on any atom is -0.293 e. The molecule has 3 rings (SSSR count). The molecule has 0 amide bonds. The van der Waals surface area contributed by atoms with E-state index in [-0.39, 0.29) is 17.2 Å². The topological polar surface area (TPSA) is 17.1 Å². The smallest absolute Gasteiger partial charge is 0.177 e. The van der Waals surface area contributed by atoms with Crippen LogP contribution in [-0.2, 0) is 19.3 Å². The molecule has 1 aromatic carbocycles. The maximum atomic E-state index is 13.9. The lowest BCUT2D eigenvalue weighted by Gasteiger charge is -2.03. The largest absolute Gasteiger partial charge is 0.293 e. The Morgan fingerprint density at radius 1 is 1.24 bits per heavy atom. The molecule has 1 heterocycles. The first kappa shape index (κ1) is 14.7. The van der Waals surface area contributed by atoms with Gasteiger partial charge in [0, 0.05) is 11.3 Å². The van der Waals surface area contributed by atoms with Crippen LogP contribution in [0.1, 0.15) is 44.9 Å². The van der Waals surface area contributed by atoms with Crippen LogP contribution < -0.4 is 0 Å². The third kappa shape index (κ3) is 3.19. The van der Waals surface area contributed by atoms with Crippen LogP contribution in [0.2, 0.25) is 5.02 Å². The molecule has 2 aromatic rings. The molecule has 0 unspecified atom stereocenters. The molecule has 0 saturated carbocycles. The monoisotopic (exact) mass is 322 g/mol. The van der Waals surface area contributed by atoms with Crippen molar-refractivity contribution in [1.29, 1.82) is 0 Å². The van der Waals surface area contributed by atoms with Gasteiger partial charge in [-0.25, -0.2) is 4.39 Å². The Labute approximate surface area is 132 Å². The predicted octanol–water partition coefficient (Wildman–Crippen LogP) is 5.23. The number of Topliss-reactive ketones (excluding diaryl/α,β-unsaturated/α-hetero) is 1. The predicted molar refractivity (Wildman–Crippen MR) is 85.0 cm³/mol. The molecule has 0 bridgehead atoms. The number of hydrogen-bond donors (Lipinski definition) is 0. The van der Waals surface area contributed by atoms with E-state index in [1.807, 2.05) is 6.07 Å². The van der Waals surface area contributed by atoms with E-state index in [4.69, 9.17) is 11.6 Å². The standard InChI is InChI=1S/C17H16ClFOS/c18-13-7-4-6-12(17(13)19)9-14(20)16-10-11-5-2-1-3-8-15(11)21-16/h4,6-7,10H,1-3,5,8-9H2. The highest BCUT2D eigenvalue weighted by Crippen LogP contribution is 2.30. The van der Waals surface area contributed by atoms with Crippen molar-refractivity contribution < 1.29 is 9.18 Å². The van der Waals surface area contributed by atoms with Gasteiger partial charge in [0.05, 0.1) is 9.90 Å². The Balaban J connectivity index is 1.81. The Morgan fingerprint density at radius 3 is 2.90 bits per heavy atom. The fourth-order valence-corrected chi connectivity index (χ4v) is 4.14. The molecule has 0 aliphatic heterocycles. The Morgan fingerprint density at radius 2 is 2.05 bits per heavy atom. The van der Waals surface area contributed by atoms with Gasteiger partial charge in [-0.05, 0) is 48.9 Å². The number of halogens is 2. The molecule has 1 aliphatic carbocycles. The third-order valence-corrected chi connectivity index (χ3v) is 5.47. The van der Waals surface area contributed by atoms with Crippen LogP contribution in [0.15, 0.2) is 24.3 Å². The van der Waals surface area contributed by atoms with E-state index in [0.717, 1.165) is 17.7 Å². The summed E-state index contributed by atoms with van der Waals surface area (Å²) >= 11 is 7.34. The Kier molecular flexibility index (Phi) is 4.41. The van der Waals surface area contributed by atoms with Gasteiger partial charge in [0.1, 0.15) is 5.82 Å². The summed E-state index contributed by atoms with van der Waals surface area (Å²) in [4.78, 5) is 14.5. The number of thiophene rings is 1. The lowest BCUT2D eigenvalue weighted by atomic mass is 10.1. The minimum atomic E-state index is -0.481. The Hall–Kier alpha value is -1.19. The van der Waals surface area contributed by atoms with Gasteiger partial charge in [0.25, 0.3) is 0 Å². The van der Waals surface area contributed by atoms with Crippen LogP contribution >= 0.6 is 22.9 Å². The number of benzene rings is 1. The molecule has 0 spiro atoms. The van der Waals surface area contributed by atoms with Crippen molar-refractivity contribution in [2.45, 2.75) is 38.5 Å². The van der Waals surface area contributed by atoms with E-state index >= 15 is 0 Å². The number of aryl methyl sites for hydroxylation is 2. The number of rotatable bonds is 3. The SMILES string of the molecule is O=C(Cc1cccc(Cl)c1F)c1cc2c(s1)CCCCC2. The Bertz CT molecular complexity index is 654. The highest BCUT2D eigenvalue weighted by molar-refractivity contribution is 7.14. The van der Waals surface area contributed by atoms with Crippen molar-refractivity contribution >= 4 is 28.7 Å². The van der Waals surface area contributed by atoms with Gasteiger partial charge in [0.15, 0.2) is 5.78 Å². The molecule has 0 N–H and O–H groups in total. The molecule has 1 nitrogen and oxygen atoms in total. The molecule has 110 valence electrons. The first-order chi connectivity index (χ1) is 10.1. The van der Waals surface area contributed by atoms with Crippen molar-refractivity contribution in [1.82, 2.24) is 0 Å². The summed E-state index contributed by atoms with van der Waals surface area (Å²) in [6.45, 7) is 0. The summed E-state index contributed by atoms with van der Waals surface area (Å²) in [7, 11) is 0. The van der Waals surface area contributed by atoms with Crippen LogP contribution in [0.25, 0.3) is 0 Å². The second-order valence-corrected chi connectivity index (χ2v) is 6.98. The van der Waals surface area contributed by atoms with Crippen LogP contribution in [0.3, 0.4) is 0 Å². The highest BCUT2D eigenvalue weighted by Gasteiger charge is 2.18. The van der Waals surface area contributed by atoms with Gasteiger partial charge in [-0.15, -0.1) is 11.3 Å². The first-order valence-corrected chi connectivity index (χ1v) is 8.42. The average molecular weight is 323 g/mol. The van der Waals surface area contributed by atoms with Gasteiger partial charge < -0.3 is 0 Å². The fourth-order valence-electron chi connectivity index (χ4n) is 2.75. The highest BCUT2D eigenvalue weighted by atomic mass is 35.5. The van der Waals surface area contributed by atoms with E-state index < -0.39 is 5.82 Å². The molecule has 1 aromatic heterocycles. The molecule has 0 radical (unpaired) electrons. The zero-order valence-corrected chi connectivity index (χ0v) is 13.2. The first-order valence-electron chi connectivity index (χ1n) is 7.23. The zero-order chi connectivity index (χ0) is 14.8. The molecule has 0 fully saturated rings. The van der Waals surface area contributed by atoms with E-state index in [2.05, 4.69) is 0 Å². The van der Waals surface area contributed by atoms with Crippen molar-refractivity contribution in [3.63, 3.8) is 0 Å². The van der Waals surface area contributed by atoms with Crippen molar-refractivity contribution in [3.8, 4) is 0 Å². The normalized spacial score (nSPS) is 14.6. The van der Waals surface area contributed by atoms with Crippen molar-refractivity contribution in [2.75, 3.05) is 0 Å². The molecule has 0 saturated heterocycles. The lowest BCUT2D eigenvalue weighted by Crippen LogP contribution is -2.03. The van der Waals surface area contributed by atoms with Crippen LogP contribution in [0.4, 0.5) is 4.39 Å².